The summed E-state index contributed by atoms with van der Waals surface area (Å²) in [6.45, 7) is 0. The fourth-order valence-electron chi connectivity index (χ4n) is 3.54. The maximum absolute atomic E-state index is 14.2. The van der Waals surface area contributed by atoms with Gasteiger partial charge in [-0.3, -0.25) is 0 Å². The molecule has 3 heterocycles. The third-order valence-electron chi connectivity index (χ3n) is 5.00. The van der Waals surface area contributed by atoms with Crippen molar-refractivity contribution in [2.75, 3.05) is 5.73 Å². The predicted octanol–water partition coefficient (Wildman–Crippen LogP) is 3.43. The van der Waals surface area contributed by atoms with Crippen molar-refractivity contribution < 1.29 is 4.39 Å². The second-order valence-electron chi connectivity index (χ2n) is 6.98. The van der Waals surface area contributed by atoms with Crippen LogP contribution in [0.3, 0.4) is 0 Å². The van der Waals surface area contributed by atoms with Crippen LogP contribution in [0.25, 0.3) is 28.2 Å². The third kappa shape index (κ3) is 3.30. The fraction of sp³-hybridized carbons (Fsp3) is 0.0435. The minimum absolute atomic E-state index is 0.0906. The highest BCUT2D eigenvalue weighted by molar-refractivity contribution is 5.90. The summed E-state index contributed by atoms with van der Waals surface area (Å²) in [6.07, 6.45) is 3.20. The molecule has 0 aliphatic rings. The molecule has 0 bridgehead atoms. The van der Waals surface area contributed by atoms with Crippen molar-refractivity contribution in [3.63, 3.8) is 0 Å². The summed E-state index contributed by atoms with van der Waals surface area (Å²) in [4.78, 5) is 17.5. The van der Waals surface area contributed by atoms with Gasteiger partial charge < -0.3 is 5.73 Å². The zero-order valence-corrected chi connectivity index (χ0v) is 16.6. The number of benzene rings is 2. The molecule has 8 nitrogen and oxygen atoms in total. The molecule has 0 saturated heterocycles. The predicted molar refractivity (Wildman–Crippen MR) is 116 cm³/mol. The lowest BCUT2D eigenvalue weighted by molar-refractivity contribution is 0.612. The Bertz CT molecular complexity index is 1490. The van der Waals surface area contributed by atoms with Gasteiger partial charge >= 0.3 is 0 Å². The average Bonchev–Trinajstić information content (AvgIpc) is 3.25. The number of fused-ring (bicyclic) bond motifs is 1. The van der Waals surface area contributed by atoms with Crippen molar-refractivity contribution in [3.8, 4) is 28.6 Å². The number of nitrogens with two attached hydrogens (primary N) is 1. The van der Waals surface area contributed by atoms with Gasteiger partial charge in [0.2, 0.25) is 5.95 Å². The Labute approximate surface area is 181 Å². The van der Waals surface area contributed by atoms with Gasteiger partial charge in [0.25, 0.3) is 0 Å². The Morgan fingerprint density at radius 3 is 2.62 bits per heavy atom. The van der Waals surface area contributed by atoms with Crippen molar-refractivity contribution in [1.29, 1.82) is 5.26 Å². The van der Waals surface area contributed by atoms with E-state index >= 15 is 0 Å². The minimum atomic E-state index is -0.336. The molecule has 0 atom stereocenters. The normalized spacial score (nSPS) is 10.9. The maximum atomic E-state index is 14.2. The van der Waals surface area contributed by atoms with Crippen LogP contribution in [-0.4, -0.2) is 29.5 Å². The quantitative estimate of drug-likeness (QED) is 0.471. The van der Waals surface area contributed by atoms with E-state index in [1.807, 2.05) is 6.07 Å². The highest BCUT2D eigenvalue weighted by Crippen LogP contribution is 2.35. The highest BCUT2D eigenvalue weighted by atomic mass is 19.1. The Balaban J connectivity index is 1.78. The zero-order chi connectivity index (χ0) is 22.1. The molecule has 0 radical (unpaired) electrons. The zero-order valence-electron chi connectivity index (χ0n) is 16.6. The molecule has 3 aromatic heterocycles. The smallest absolute Gasteiger partial charge is 0.223 e. The van der Waals surface area contributed by atoms with Crippen LogP contribution in [0.2, 0.25) is 0 Å². The lowest BCUT2D eigenvalue weighted by atomic mass is 9.99. The van der Waals surface area contributed by atoms with Crippen LogP contribution in [0.5, 0.6) is 0 Å². The summed E-state index contributed by atoms with van der Waals surface area (Å²) >= 11 is 0. The molecule has 0 amide bonds. The molecule has 5 aromatic rings. The Kier molecular flexibility index (Phi) is 4.72. The van der Waals surface area contributed by atoms with Crippen LogP contribution in [0.1, 0.15) is 17.0 Å². The first-order valence-electron chi connectivity index (χ1n) is 9.70. The lowest BCUT2D eigenvalue weighted by Gasteiger charge is -2.12. The third-order valence-corrected chi connectivity index (χ3v) is 5.00. The van der Waals surface area contributed by atoms with E-state index in [-0.39, 0.29) is 18.2 Å². The van der Waals surface area contributed by atoms with E-state index in [0.717, 1.165) is 0 Å². The molecule has 2 aromatic carbocycles. The number of halogens is 1. The number of hydrogen-bond acceptors (Lipinski definition) is 7. The first-order valence-corrected chi connectivity index (χ1v) is 9.70. The fourth-order valence-corrected chi connectivity index (χ4v) is 3.54. The summed E-state index contributed by atoms with van der Waals surface area (Å²) in [5.74, 6) is 0.134. The second kappa shape index (κ2) is 7.85. The number of anilines is 1. The SMILES string of the molecule is N#Cc1ccccc1-c1nc(N)n2nc(Cc3ccccc3F)nc2c1-c1ccncn1. The number of nitrogens with zero attached hydrogens (tertiary/aromatic N) is 7. The number of rotatable bonds is 4. The lowest BCUT2D eigenvalue weighted by Crippen LogP contribution is -2.07. The van der Waals surface area contributed by atoms with Crippen LogP contribution in [0.15, 0.2) is 67.1 Å². The van der Waals surface area contributed by atoms with Gasteiger partial charge in [-0.1, -0.05) is 36.4 Å². The molecule has 9 heteroatoms. The van der Waals surface area contributed by atoms with Crippen molar-refractivity contribution >= 4 is 11.6 Å². The number of hydrogen-bond donors (Lipinski definition) is 1. The van der Waals surface area contributed by atoms with E-state index in [9.17, 15) is 9.65 Å². The molecule has 0 fully saturated rings. The molecule has 2 N–H and O–H groups in total. The Morgan fingerprint density at radius 2 is 1.84 bits per heavy atom. The largest absolute Gasteiger partial charge is 0.368 e. The van der Waals surface area contributed by atoms with Crippen molar-refractivity contribution in [1.82, 2.24) is 29.5 Å². The maximum Gasteiger partial charge on any atom is 0.223 e. The van der Waals surface area contributed by atoms with Crippen molar-refractivity contribution in [2.24, 2.45) is 0 Å². The number of nitrogen functional groups attached to an aromatic ring is 1. The van der Waals surface area contributed by atoms with Crippen LogP contribution in [0.4, 0.5) is 10.3 Å². The minimum Gasteiger partial charge on any atom is -0.368 e. The van der Waals surface area contributed by atoms with Crippen molar-refractivity contribution in [3.05, 3.63) is 89.9 Å². The van der Waals surface area contributed by atoms with Gasteiger partial charge in [0.1, 0.15) is 12.1 Å². The van der Waals surface area contributed by atoms with Gasteiger partial charge in [-0.2, -0.15) is 9.78 Å². The van der Waals surface area contributed by atoms with Gasteiger partial charge in [-0.05, 0) is 23.8 Å². The molecular weight excluding hydrogens is 407 g/mol. The van der Waals surface area contributed by atoms with Crippen molar-refractivity contribution in [2.45, 2.75) is 6.42 Å². The van der Waals surface area contributed by atoms with Gasteiger partial charge in [-0.15, -0.1) is 5.10 Å². The van der Waals surface area contributed by atoms with Gasteiger partial charge in [-0.25, -0.2) is 24.3 Å². The van der Waals surface area contributed by atoms with Gasteiger partial charge in [0, 0.05) is 18.2 Å². The van der Waals surface area contributed by atoms with Crippen LogP contribution in [-0.2, 0) is 6.42 Å². The first kappa shape index (κ1) is 19.3. The van der Waals surface area contributed by atoms with E-state index in [2.05, 4.69) is 31.1 Å². The number of nitriles is 1. The van der Waals surface area contributed by atoms with Crippen LogP contribution >= 0.6 is 0 Å². The Hall–Kier alpha value is -4.71. The van der Waals surface area contributed by atoms with Gasteiger partial charge in [0.05, 0.1) is 28.6 Å². The van der Waals surface area contributed by atoms with E-state index < -0.39 is 0 Å². The molecule has 0 saturated carbocycles. The molecule has 154 valence electrons. The summed E-state index contributed by atoms with van der Waals surface area (Å²) < 4.78 is 15.6. The van der Waals surface area contributed by atoms with E-state index in [1.165, 1.54) is 16.9 Å². The van der Waals surface area contributed by atoms with E-state index in [4.69, 9.17) is 5.73 Å². The Morgan fingerprint density at radius 1 is 1.03 bits per heavy atom. The van der Waals surface area contributed by atoms with Gasteiger partial charge in [0.15, 0.2) is 11.5 Å². The average molecular weight is 422 g/mol. The van der Waals surface area contributed by atoms with Crippen LogP contribution < -0.4 is 5.73 Å². The standard InChI is InChI=1S/C23H15FN8/c24-17-8-4-2-5-14(17)11-19-29-22-20(18-9-10-27-13-28-18)21(30-23(26)32(22)31-19)16-7-3-1-6-15(16)12-25/h1-10,13H,11H2,(H2,26,30). The molecule has 0 spiro atoms. The van der Waals surface area contributed by atoms with E-state index in [0.29, 0.717) is 45.1 Å². The topological polar surface area (TPSA) is 119 Å². The summed E-state index contributed by atoms with van der Waals surface area (Å²) in [5.41, 5.74) is 9.69. The molecule has 32 heavy (non-hydrogen) atoms. The monoisotopic (exact) mass is 422 g/mol. The molecule has 0 unspecified atom stereocenters. The summed E-state index contributed by atoms with van der Waals surface area (Å²) in [5, 5.41) is 14.1. The second-order valence-corrected chi connectivity index (χ2v) is 6.98. The molecule has 0 aliphatic carbocycles. The van der Waals surface area contributed by atoms with E-state index in [1.54, 1.807) is 48.7 Å². The summed E-state index contributed by atoms with van der Waals surface area (Å²) in [6, 6.07) is 17.5. The first-order chi connectivity index (χ1) is 15.7. The molecule has 5 rings (SSSR count). The summed E-state index contributed by atoms with van der Waals surface area (Å²) in [7, 11) is 0. The highest BCUT2D eigenvalue weighted by Gasteiger charge is 2.22. The number of aromatic nitrogens is 6. The molecular formula is C23H15FN8. The van der Waals surface area contributed by atoms with Crippen LogP contribution in [0, 0.1) is 17.1 Å². The molecule has 0 aliphatic heterocycles.